The molecule has 1 fully saturated rings. The highest BCUT2D eigenvalue weighted by molar-refractivity contribution is 6.70. The van der Waals surface area contributed by atoms with Gasteiger partial charge in [0.2, 0.25) is 0 Å². The molecule has 0 aromatic carbocycles. The molecule has 1 rings (SSSR count). The van der Waals surface area contributed by atoms with Gasteiger partial charge in [0, 0.05) is 21.3 Å². The third-order valence-electron chi connectivity index (χ3n) is 4.19. The van der Waals surface area contributed by atoms with E-state index >= 15 is 0 Å². The van der Waals surface area contributed by atoms with E-state index < -0.39 is 17.8 Å². The summed E-state index contributed by atoms with van der Waals surface area (Å²) in [6, 6.07) is 1.28. The predicted octanol–water partition coefficient (Wildman–Crippen LogP) is 2.09. The van der Waals surface area contributed by atoms with E-state index in [1.807, 2.05) is 7.11 Å². The highest BCUT2D eigenvalue weighted by atomic mass is 28.4. The maximum atomic E-state index is 5.78. The summed E-state index contributed by atoms with van der Waals surface area (Å²) >= 11 is 0. The largest absolute Gasteiger partial charge is 0.406 e. The monoisotopic (exact) mass is 291 g/mol. The molecule has 0 radical (unpaired) electrons. The van der Waals surface area contributed by atoms with Gasteiger partial charge < -0.3 is 17.8 Å². The molecular weight excluding hydrogens is 262 g/mol. The van der Waals surface area contributed by atoms with Crippen LogP contribution in [0, 0.1) is 0 Å². The fourth-order valence-corrected chi connectivity index (χ4v) is 7.36. The molecule has 2 atom stereocenters. The van der Waals surface area contributed by atoms with E-state index in [1.54, 1.807) is 14.2 Å². The van der Waals surface area contributed by atoms with Gasteiger partial charge >= 0.3 is 9.28 Å². The van der Waals surface area contributed by atoms with Gasteiger partial charge in [0.05, 0.1) is 0 Å². The van der Waals surface area contributed by atoms with Gasteiger partial charge in [-0.1, -0.05) is 6.92 Å². The molecule has 0 saturated carbocycles. The Hall–Kier alpha value is 0.274. The first-order valence-electron chi connectivity index (χ1n) is 6.93. The minimum Gasteiger partial charge on any atom is -0.406 e. The third kappa shape index (κ3) is 4.14. The summed E-state index contributed by atoms with van der Waals surface area (Å²) in [5.41, 5.74) is 0.582. The lowest BCUT2D eigenvalue weighted by Gasteiger charge is -2.31. The smallest absolute Gasteiger partial charge is 0.323 e. The van der Waals surface area contributed by atoms with Crippen LogP contribution in [0.25, 0.3) is 0 Å². The fraction of sp³-hybridized carbons (Fsp3) is 1.00. The van der Waals surface area contributed by atoms with Crippen molar-refractivity contribution in [2.75, 3.05) is 34.4 Å². The topological polar surface area (TPSA) is 30.9 Å². The molecule has 0 spiro atoms. The van der Waals surface area contributed by atoms with E-state index in [9.17, 15) is 0 Å². The van der Waals surface area contributed by atoms with Crippen LogP contribution in [-0.2, 0) is 13.3 Å². The van der Waals surface area contributed by atoms with Crippen molar-refractivity contribution < 1.29 is 13.3 Å². The number of hydrogen-bond acceptors (Lipinski definition) is 4. The molecule has 6 heteroatoms. The lowest BCUT2D eigenvalue weighted by atomic mass is 10.2. The summed E-state index contributed by atoms with van der Waals surface area (Å²) in [5.74, 6) is 0. The maximum absolute atomic E-state index is 5.78. The van der Waals surface area contributed by atoms with Gasteiger partial charge in [0.25, 0.3) is 8.48 Å². The van der Waals surface area contributed by atoms with Crippen LogP contribution < -0.4 is 0 Å². The van der Waals surface area contributed by atoms with Gasteiger partial charge in [0.15, 0.2) is 0 Å². The van der Waals surface area contributed by atoms with Crippen LogP contribution in [0.3, 0.4) is 0 Å². The molecule has 1 aliphatic heterocycles. The zero-order chi connectivity index (χ0) is 13.6. The molecule has 108 valence electrons. The van der Waals surface area contributed by atoms with Crippen LogP contribution in [-0.4, -0.2) is 56.7 Å². The highest BCUT2D eigenvalue weighted by Crippen LogP contribution is 2.27. The van der Waals surface area contributed by atoms with E-state index in [4.69, 9.17) is 13.3 Å². The molecule has 0 bridgehead atoms. The Morgan fingerprint density at radius 2 is 1.94 bits per heavy atom. The molecule has 18 heavy (non-hydrogen) atoms. The Balaban J connectivity index is 2.29. The molecule has 0 aromatic rings. The van der Waals surface area contributed by atoms with Crippen molar-refractivity contribution in [1.29, 1.82) is 0 Å². The number of rotatable bonds is 8. The van der Waals surface area contributed by atoms with Crippen LogP contribution in [0.2, 0.25) is 18.1 Å². The van der Waals surface area contributed by atoms with Crippen LogP contribution in [0.1, 0.15) is 26.2 Å². The molecule has 0 aliphatic carbocycles. The molecule has 1 aliphatic rings. The molecule has 1 heterocycles. The summed E-state index contributed by atoms with van der Waals surface area (Å²) in [6.45, 7) is 6.99. The lowest BCUT2D eigenvalue weighted by molar-refractivity contribution is 0.262. The first kappa shape index (κ1) is 16.3. The summed E-state index contributed by atoms with van der Waals surface area (Å²) in [7, 11) is 2.47. The van der Waals surface area contributed by atoms with Crippen LogP contribution in [0.15, 0.2) is 0 Å². The van der Waals surface area contributed by atoms with Gasteiger partial charge in [0.1, 0.15) is 0 Å². The SMILES string of the molecule is CO[SiH](OC)C(C)CCCN1CCC[Si]1(C)OC. The van der Waals surface area contributed by atoms with Crippen LogP contribution in [0.5, 0.6) is 0 Å². The lowest BCUT2D eigenvalue weighted by Crippen LogP contribution is -2.48. The van der Waals surface area contributed by atoms with Gasteiger partial charge in [-0.25, -0.2) is 0 Å². The Bertz CT molecular complexity index is 241. The Labute approximate surface area is 115 Å². The van der Waals surface area contributed by atoms with E-state index in [-0.39, 0.29) is 0 Å². The summed E-state index contributed by atoms with van der Waals surface area (Å²) < 4.78 is 19.3. The summed E-state index contributed by atoms with van der Waals surface area (Å²) in [5, 5.41) is 0. The first-order valence-corrected chi connectivity index (χ1v) is 11.1. The zero-order valence-corrected chi connectivity index (χ0v) is 14.7. The second kappa shape index (κ2) is 7.76. The van der Waals surface area contributed by atoms with Crippen LogP contribution in [0.4, 0.5) is 0 Å². The standard InChI is InChI=1S/C12H29NO3Si2/c1-12(17(14-2)15-3)8-6-9-13-10-7-11-18(13,5)16-4/h12,17H,6-11H2,1-5H3. The van der Waals surface area contributed by atoms with Crippen molar-refractivity contribution in [3.05, 3.63) is 0 Å². The Kier molecular flexibility index (Phi) is 7.04. The molecule has 0 N–H and O–H groups in total. The van der Waals surface area contributed by atoms with Gasteiger partial charge in [-0.3, -0.25) is 0 Å². The zero-order valence-electron chi connectivity index (χ0n) is 12.6. The number of hydrogen-bond donors (Lipinski definition) is 0. The average Bonchev–Trinajstić information content (AvgIpc) is 2.73. The van der Waals surface area contributed by atoms with Gasteiger partial charge in [-0.2, -0.15) is 0 Å². The van der Waals surface area contributed by atoms with E-state index in [0.717, 1.165) is 0 Å². The van der Waals surface area contributed by atoms with Crippen molar-refractivity contribution in [1.82, 2.24) is 4.57 Å². The van der Waals surface area contributed by atoms with Crippen molar-refractivity contribution in [3.8, 4) is 0 Å². The van der Waals surface area contributed by atoms with E-state index in [2.05, 4.69) is 18.0 Å². The molecule has 1 saturated heterocycles. The summed E-state index contributed by atoms with van der Waals surface area (Å²) in [4.78, 5) is 0. The normalized spacial score (nSPS) is 27.0. The van der Waals surface area contributed by atoms with Crippen molar-refractivity contribution in [2.45, 2.75) is 44.3 Å². The second-order valence-electron chi connectivity index (χ2n) is 5.43. The highest BCUT2D eigenvalue weighted by Gasteiger charge is 2.39. The van der Waals surface area contributed by atoms with Crippen LogP contribution >= 0.6 is 0 Å². The predicted molar refractivity (Wildman–Crippen MR) is 79.4 cm³/mol. The second-order valence-corrected chi connectivity index (χ2v) is 12.1. The summed E-state index contributed by atoms with van der Waals surface area (Å²) in [6.07, 6.45) is 3.73. The quantitative estimate of drug-likeness (QED) is 0.641. The minimum absolute atomic E-state index is 0.582. The van der Waals surface area contributed by atoms with Gasteiger partial charge in [-0.15, -0.1) is 0 Å². The number of nitrogens with zero attached hydrogens (tertiary/aromatic N) is 1. The average molecular weight is 292 g/mol. The molecule has 0 amide bonds. The minimum atomic E-state index is -1.52. The van der Waals surface area contributed by atoms with Gasteiger partial charge in [-0.05, 0) is 50.5 Å². The third-order valence-corrected chi connectivity index (χ3v) is 10.3. The molecule has 2 unspecified atom stereocenters. The van der Waals surface area contributed by atoms with Crippen molar-refractivity contribution in [2.24, 2.45) is 0 Å². The first-order chi connectivity index (χ1) is 8.57. The van der Waals surface area contributed by atoms with E-state index in [1.165, 1.54) is 38.4 Å². The Morgan fingerprint density at radius 3 is 2.50 bits per heavy atom. The molecule has 0 aromatic heterocycles. The molecule has 4 nitrogen and oxygen atoms in total. The fourth-order valence-electron chi connectivity index (χ4n) is 2.87. The molecular formula is C12H29NO3Si2. The van der Waals surface area contributed by atoms with Crippen molar-refractivity contribution >= 4 is 17.8 Å². The van der Waals surface area contributed by atoms with Crippen molar-refractivity contribution in [3.63, 3.8) is 0 Å². The Morgan fingerprint density at radius 1 is 1.28 bits per heavy atom. The van der Waals surface area contributed by atoms with E-state index in [0.29, 0.717) is 5.54 Å². The maximum Gasteiger partial charge on any atom is 0.323 e.